The van der Waals surface area contributed by atoms with Crippen LogP contribution in [0.2, 0.25) is 0 Å². The second-order valence-electron chi connectivity index (χ2n) is 6.26. The molecule has 1 aliphatic rings. The van der Waals surface area contributed by atoms with E-state index in [-0.39, 0.29) is 12.5 Å². The molecular weight excluding hydrogens is 318 g/mol. The number of rotatable bonds is 7. The maximum Gasteiger partial charge on any atom is 0.240 e. The summed E-state index contributed by atoms with van der Waals surface area (Å²) >= 11 is 1.30. The number of β-amino-alcohol motifs (C(OH)–C–C–N with tert-alkyl or cyclic N) is 1. The van der Waals surface area contributed by atoms with Gasteiger partial charge in [-0.2, -0.15) is 0 Å². The number of likely N-dealkylation sites (N-methyl/N-ethyl adjacent to an activating group) is 1. The Bertz CT molecular complexity index is 524. The SMILES string of the molecule is COCc1nnc(NC(=O)CN2CCC[C@@](O)(CN(C)C)C2)s1. The number of methoxy groups -OCH3 is 1. The molecule has 9 heteroatoms. The third-order valence-electron chi connectivity index (χ3n) is 3.59. The maximum atomic E-state index is 12.1. The summed E-state index contributed by atoms with van der Waals surface area (Å²) in [4.78, 5) is 16.1. The molecule has 0 spiro atoms. The van der Waals surface area contributed by atoms with Gasteiger partial charge in [0.2, 0.25) is 11.0 Å². The summed E-state index contributed by atoms with van der Waals surface area (Å²) in [5, 5.41) is 22.4. The quantitative estimate of drug-likeness (QED) is 0.721. The Balaban J connectivity index is 1.84. The van der Waals surface area contributed by atoms with E-state index in [9.17, 15) is 9.90 Å². The number of anilines is 1. The fraction of sp³-hybridized carbons (Fsp3) is 0.786. The van der Waals surface area contributed by atoms with E-state index in [1.807, 2.05) is 23.9 Å². The minimum Gasteiger partial charge on any atom is -0.387 e. The van der Waals surface area contributed by atoms with Crippen molar-refractivity contribution in [1.82, 2.24) is 20.0 Å². The van der Waals surface area contributed by atoms with Crippen LogP contribution in [0.15, 0.2) is 0 Å². The van der Waals surface area contributed by atoms with Crippen LogP contribution < -0.4 is 5.32 Å². The zero-order valence-corrected chi connectivity index (χ0v) is 14.7. The van der Waals surface area contributed by atoms with Gasteiger partial charge in [0.1, 0.15) is 11.6 Å². The van der Waals surface area contributed by atoms with Crippen molar-refractivity contribution in [3.63, 3.8) is 0 Å². The summed E-state index contributed by atoms with van der Waals surface area (Å²) in [6.45, 7) is 2.55. The van der Waals surface area contributed by atoms with Gasteiger partial charge in [0.05, 0.1) is 12.1 Å². The Morgan fingerprint density at radius 3 is 3.00 bits per heavy atom. The molecule has 1 aliphatic heterocycles. The first-order valence-corrected chi connectivity index (χ1v) is 8.42. The minimum atomic E-state index is -0.754. The van der Waals surface area contributed by atoms with Crippen LogP contribution >= 0.6 is 11.3 Å². The first-order valence-electron chi connectivity index (χ1n) is 7.61. The van der Waals surface area contributed by atoms with Gasteiger partial charge in [0, 0.05) is 20.2 Å². The van der Waals surface area contributed by atoms with E-state index in [2.05, 4.69) is 15.5 Å². The summed E-state index contributed by atoms with van der Waals surface area (Å²) in [7, 11) is 5.47. The topological polar surface area (TPSA) is 90.8 Å². The number of aliphatic hydroxyl groups is 1. The van der Waals surface area contributed by atoms with Crippen LogP contribution in [0, 0.1) is 0 Å². The predicted octanol–water partition coefficient (Wildman–Crippen LogP) is 0.0115. The Morgan fingerprint density at radius 1 is 1.52 bits per heavy atom. The molecule has 1 saturated heterocycles. The van der Waals surface area contributed by atoms with E-state index in [0.29, 0.717) is 24.8 Å². The molecule has 2 rings (SSSR count). The van der Waals surface area contributed by atoms with Crippen molar-refractivity contribution in [2.45, 2.75) is 25.0 Å². The molecule has 0 aliphatic carbocycles. The average molecular weight is 343 g/mol. The largest absolute Gasteiger partial charge is 0.387 e. The summed E-state index contributed by atoms with van der Waals surface area (Å²) in [5.41, 5.74) is -0.754. The van der Waals surface area contributed by atoms with Gasteiger partial charge >= 0.3 is 0 Å². The van der Waals surface area contributed by atoms with Crippen molar-refractivity contribution in [3.05, 3.63) is 5.01 Å². The number of hydrogen-bond donors (Lipinski definition) is 2. The zero-order valence-electron chi connectivity index (χ0n) is 13.9. The summed E-state index contributed by atoms with van der Waals surface area (Å²) in [6.07, 6.45) is 1.65. The second-order valence-corrected chi connectivity index (χ2v) is 7.32. The average Bonchev–Trinajstić information content (AvgIpc) is 2.84. The minimum absolute atomic E-state index is 0.140. The summed E-state index contributed by atoms with van der Waals surface area (Å²) < 4.78 is 4.98. The van der Waals surface area contributed by atoms with Gasteiger partial charge in [-0.25, -0.2) is 0 Å². The van der Waals surface area contributed by atoms with E-state index < -0.39 is 5.60 Å². The standard InChI is InChI=1S/C14H25N5O3S/c1-18(2)9-14(21)5-4-6-19(10-14)7-11(20)15-13-17-16-12(23-13)8-22-3/h21H,4-10H2,1-3H3,(H,15,17,20)/t14-/m1/s1. The number of nitrogens with one attached hydrogen (secondary N) is 1. The molecular formula is C14H25N5O3S. The smallest absolute Gasteiger partial charge is 0.240 e. The van der Waals surface area contributed by atoms with Crippen LogP contribution in [0.4, 0.5) is 5.13 Å². The van der Waals surface area contributed by atoms with Gasteiger partial charge in [-0.3, -0.25) is 15.0 Å². The lowest BCUT2D eigenvalue weighted by Gasteiger charge is -2.40. The highest BCUT2D eigenvalue weighted by atomic mass is 32.1. The van der Waals surface area contributed by atoms with E-state index in [1.54, 1.807) is 7.11 Å². The van der Waals surface area contributed by atoms with Crippen molar-refractivity contribution in [3.8, 4) is 0 Å². The van der Waals surface area contributed by atoms with Crippen LogP contribution in [0.25, 0.3) is 0 Å². The van der Waals surface area contributed by atoms with Gasteiger partial charge in [-0.1, -0.05) is 11.3 Å². The lowest BCUT2D eigenvalue weighted by Crippen LogP contribution is -2.54. The van der Waals surface area contributed by atoms with Crippen LogP contribution in [0.3, 0.4) is 0 Å². The molecule has 8 nitrogen and oxygen atoms in total. The molecule has 0 aromatic carbocycles. The Morgan fingerprint density at radius 2 is 2.30 bits per heavy atom. The van der Waals surface area contributed by atoms with Gasteiger partial charge in [0.25, 0.3) is 0 Å². The van der Waals surface area contributed by atoms with Crippen molar-refractivity contribution in [1.29, 1.82) is 0 Å². The number of carbonyl (C=O) groups excluding carboxylic acids is 1. The second kappa shape index (κ2) is 8.11. The molecule has 1 aromatic heterocycles. The fourth-order valence-corrected chi connectivity index (χ4v) is 3.63. The molecule has 2 N–H and O–H groups in total. The highest BCUT2D eigenvalue weighted by Gasteiger charge is 2.34. The lowest BCUT2D eigenvalue weighted by molar-refractivity contribution is -0.119. The van der Waals surface area contributed by atoms with Crippen molar-refractivity contribution < 1.29 is 14.6 Å². The zero-order chi connectivity index (χ0) is 16.9. The number of piperidine rings is 1. The van der Waals surface area contributed by atoms with Crippen molar-refractivity contribution in [2.24, 2.45) is 0 Å². The molecule has 0 radical (unpaired) electrons. The molecule has 1 atom stereocenters. The van der Waals surface area contributed by atoms with Gasteiger partial charge in [-0.15, -0.1) is 10.2 Å². The van der Waals surface area contributed by atoms with E-state index in [0.717, 1.165) is 24.4 Å². The number of amides is 1. The number of ether oxygens (including phenoxy) is 1. The van der Waals surface area contributed by atoms with Crippen LogP contribution in [-0.4, -0.2) is 84.0 Å². The molecule has 2 heterocycles. The van der Waals surface area contributed by atoms with E-state index in [1.165, 1.54) is 11.3 Å². The normalized spacial score (nSPS) is 22.5. The molecule has 1 amide bonds. The molecule has 0 unspecified atom stereocenters. The predicted molar refractivity (Wildman–Crippen MR) is 88.4 cm³/mol. The number of hydrogen-bond acceptors (Lipinski definition) is 8. The maximum absolute atomic E-state index is 12.1. The van der Waals surface area contributed by atoms with Crippen molar-refractivity contribution >= 4 is 22.4 Å². The first kappa shape index (κ1) is 18.2. The van der Waals surface area contributed by atoms with Crippen LogP contribution in [-0.2, 0) is 16.1 Å². The van der Waals surface area contributed by atoms with E-state index >= 15 is 0 Å². The molecule has 130 valence electrons. The van der Waals surface area contributed by atoms with Crippen molar-refractivity contribution in [2.75, 3.05) is 52.7 Å². The molecule has 0 bridgehead atoms. The third kappa shape index (κ3) is 5.78. The number of nitrogens with zero attached hydrogens (tertiary/aromatic N) is 4. The highest BCUT2D eigenvalue weighted by Crippen LogP contribution is 2.22. The number of aromatic nitrogens is 2. The van der Waals surface area contributed by atoms with Gasteiger partial charge < -0.3 is 14.7 Å². The first-order chi connectivity index (χ1) is 10.9. The third-order valence-corrected chi connectivity index (χ3v) is 4.41. The summed E-state index contributed by atoms with van der Waals surface area (Å²) in [5.74, 6) is -0.140. The number of carbonyl (C=O) groups is 1. The molecule has 1 aromatic rings. The van der Waals surface area contributed by atoms with Gasteiger partial charge in [-0.05, 0) is 33.5 Å². The molecule has 1 fully saturated rings. The Kier molecular flexibility index (Phi) is 6.42. The summed E-state index contributed by atoms with van der Waals surface area (Å²) in [6, 6.07) is 0. The van der Waals surface area contributed by atoms with E-state index in [4.69, 9.17) is 4.74 Å². The fourth-order valence-electron chi connectivity index (χ4n) is 2.91. The number of likely N-dealkylation sites (tertiary alicyclic amines) is 1. The lowest BCUT2D eigenvalue weighted by atomic mass is 9.92. The van der Waals surface area contributed by atoms with Crippen LogP contribution in [0.5, 0.6) is 0 Å². The molecule has 23 heavy (non-hydrogen) atoms. The Hall–Kier alpha value is -1.13. The highest BCUT2D eigenvalue weighted by molar-refractivity contribution is 7.15. The Labute approximate surface area is 140 Å². The van der Waals surface area contributed by atoms with Gasteiger partial charge in [0.15, 0.2) is 0 Å². The molecule has 0 saturated carbocycles. The van der Waals surface area contributed by atoms with Crippen LogP contribution in [0.1, 0.15) is 17.8 Å². The monoisotopic (exact) mass is 343 g/mol.